The molecule has 1 aliphatic carbocycles. The Morgan fingerprint density at radius 3 is 3.19 bits per heavy atom. The summed E-state index contributed by atoms with van der Waals surface area (Å²) in [5.74, 6) is 0.389. The molecule has 0 aromatic carbocycles. The quantitative estimate of drug-likeness (QED) is 0.767. The number of nitrogens with zero attached hydrogens (tertiary/aromatic N) is 1. The van der Waals surface area contributed by atoms with Crippen molar-refractivity contribution in [3.63, 3.8) is 0 Å². The van der Waals surface area contributed by atoms with E-state index in [-0.39, 0.29) is 5.92 Å². The molecule has 0 saturated carbocycles. The maximum absolute atomic E-state index is 12.0. The number of unbranched alkanes of at least 4 members (excludes halogenated alkanes) is 1. The van der Waals surface area contributed by atoms with Crippen LogP contribution in [0.3, 0.4) is 0 Å². The summed E-state index contributed by atoms with van der Waals surface area (Å²) >= 11 is 0. The molecule has 1 aliphatic rings. The molecule has 16 heavy (non-hydrogen) atoms. The van der Waals surface area contributed by atoms with Gasteiger partial charge >= 0.3 is 0 Å². The van der Waals surface area contributed by atoms with Crippen LogP contribution in [0.25, 0.3) is 0 Å². The van der Waals surface area contributed by atoms with Gasteiger partial charge in [0, 0.05) is 12.6 Å². The highest BCUT2D eigenvalue weighted by molar-refractivity contribution is 5.86. The number of ketones is 1. The number of aromatic nitrogens is 1. The van der Waals surface area contributed by atoms with Gasteiger partial charge in [0.2, 0.25) is 0 Å². The minimum atomic E-state index is 0.0500. The van der Waals surface area contributed by atoms with Gasteiger partial charge in [-0.25, -0.2) is 0 Å². The minimum absolute atomic E-state index is 0.0500. The predicted molar refractivity (Wildman–Crippen MR) is 63.2 cm³/mol. The average Bonchev–Trinajstić information content (AvgIpc) is 2.73. The Balaban J connectivity index is 1.99. The van der Waals surface area contributed by atoms with E-state index < -0.39 is 0 Å². The second-order valence-corrected chi connectivity index (χ2v) is 4.35. The van der Waals surface area contributed by atoms with Crippen LogP contribution in [0.15, 0.2) is 18.3 Å². The lowest BCUT2D eigenvalue weighted by Gasteiger charge is -2.08. The van der Waals surface area contributed by atoms with Gasteiger partial charge in [-0.2, -0.15) is 0 Å². The highest BCUT2D eigenvalue weighted by Gasteiger charge is 2.28. The van der Waals surface area contributed by atoms with Gasteiger partial charge in [-0.3, -0.25) is 9.78 Å². The number of carbonyl (C=O) groups excluding carboxylic acids is 1. The first-order valence-electron chi connectivity index (χ1n) is 5.99. The molecule has 0 bridgehead atoms. The molecule has 0 saturated heterocycles. The van der Waals surface area contributed by atoms with Gasteiger partial charge in [-0.1, -0.05) is 6.07 Å². The maximum atomic E-state index is 12.0. The van der Waals surface area contributed by atoms with E-state index in [1.165, 1.54) is 5.56 Å². The first kappa shape index (κ1) is 11.3. The van der Waals surface area contributed by atoms with Crippen molar-refractivity contribution < 1.29 is 4.79 Å². The van der Waals surface area contributed by atoms with Crippen LogP contribution in [0.4, 0.5) is 0 Å². The fourth-order valence-electron chi connectivity index (χ4n) is 2.34. The van der Waals surface area contributed by atoms with Gasteiger partial charge in [-0.15, -0.1) is 0 Å². The van der Waals surface area contributed by atoms with E-state index >= 15 is 0 Å². The Kier molecular flexibility index (Phi) is 3.67. The molecule has 0 spiro atoms. The van der Waals surface area contributed by atoms with Crippen molar-refractivity contribution in [2.45, 2.75) is 38.0 Å². The third kappa shape index (κ3) is 2.30. The molecular formula is C13H18N2O. The van der Waals surface area contributed by atoms with E-state index in [9.17, 15) is 4.79 Å². The second kappa shape index (κ2) is 5.21. The van der Waals surface area contributed by atoms with Gasteiger partial charge in [-0.05, 0) is 43.9 Å². The molecule has 1 heterocycles. The summed E-state index contributed by atoms with van der Waals surface area (Å²) < 4.78 is 0. The molecule has 2 rings (SSSR count). The number of aryl methyl sites for hydroxylation is 1. The third-order valence-corrected chi connectivity index (χ3v) is 3.22. The molecule has 0 radical (unpaired) electrons. The lowest BCUT2D eigenvalue weighted by molar-refractivity contribution is -0.120. The number of fused-ring (bicyclic) bond motifs is 1. The molecule has 1 atom stereocenters. The highest BCUT2D eigenvalue weighted by atomic mass is 16.1. The minimum Gasteiger partial charge on any atom is -0.330 e. The first-order chi connectivity index (χ1) is 7.83. The number of hydrogen-bond donors (Lipinski definition) is 1. The van der Waals surface area contributed by atoms with E-state index in [0.29, 0.717) is 18.7 Å². The summed E-state index contributed by atoms with van der Waals surface area (Å²) in [6, 6.07) is 4.02. The van der Waals surface area contributed by atoms with E-state index in [1.54, 1.807) is 6.20 Å². The van der Waals surface area contributed by atoms with Crippen molar-refractivity contribution in [1.82, 2.24) is 4.98 Å². The first-order valence-corrected chi connectivity index (χ1v) is 5.99. The third-order valence-electron chi connectivity index (χ3n) is 3.22. The van der Waals surface area contributed by atoms with Crippen LogP contribution in [-0.2, 0) is 11.2 Å². The van der Waals surface area contributed by atoms with E-state index in [0.717, 1.165) is 31.4 Å². The number of pyridine rings is 1. The van der Waals surface area contributed by atoms with Crippen LogP contribution in [-0.4, -0.2) is 17.3 Å². The number of rotatable bonds is 5. The number of hydrogen-bond acceptors (Lipinski definition) is 3. The van der Waals surface area contributed by atoms with E-state index in [1.807, 2.05) is 6.07 Å². The molecule has 2 N–H and O–H groups in total. The van der Waals surface area contributed by atoms with Gasteiger partial charge < -0.3 is 5.73 Å². The molecule has 1 unspecified atom stereocenters. The van der Waals surface area contributed by atoms with Gasteiger partial charge in [0.15, 0.2) is 0 Å². The van der Waals surface area contributed by atoms with Crippen LogP contribution in [0.2, 0.25) is 0 Å². The molecule has 1 aromatic rings. The van der Waals surface area contributed by atoms with Crippen molar-refractivity contribution in [2.24, 2.45) is 5.73 Å². The summed E-state index contributed by atoms with van der Waals surface area (Å²) in [4.78, 5) is 16.3. The monoisotopic (exact) mass is 218 g/mol. The number of Topliss-reactive ketones (excluding diaryl/α,β-unsaturated/α-hetero) is 1. The van der Waals surface area contributed by atoms with Crippen molar-refractivity contribution in [2.75, 3.05) is 6.54 Å². The Morgan fingerprint density at radius 1 is 1.50 bits per heavy atom. The molecule has 0 amide bonds. The summed E-state index contributed by atoms with van der Waals surface area (Å²) in [5.41, 5.74) is 7.68. The Hall–Kier alpha value is -1.22. The van der Waals surface area contributed by atoms with Crippen LogP contribution in [0, 0.1) is 0 Å². The SMILES string of the molecule is NCCCCC(=O)C1CCc2cccnc21. The van der Waals surface area contributed by atoms with Crippen molar-refractivity contribution in [1.29, 1.82) is 0 Å². The zero-order chi connectivity index (χ0) is 11.4. The maximum Gasteiger partial charge on any atom is 0.141 e. The van der Waals surface area contributed by atoms with Gasteiger partial charge in [0.05, 0.1) is 11.6 Å². The fraction of sp³-hybridized carbons (Fsp3) is 0.538. The summed E-state index contributed by atoms with van der Waals surface area (Å²) in [6.07, 6.45) is 6.22. The lowest BCUT2D eigenvalue weighted by Crippen LogP contribution is -2.11. The largest absolute Gasteiger partial charge is 0.330 e. The van der Waals surface area contributed by atoms with E-state index in [4.69, 9.17) is 5.73 Å². The summed E-state index contributed by atoms with van der Waals surface area (Å²) in [5, 5.41) is 0. The Labute approximate surface area is 96.1 Å². The molecule has 3 nitrogen and oxygen atoms in total. The van der Waals surface area contributed by atoms with Crippen molar-refractivity contribution >= 4 is 5.78 Å². The van der Waals surface area contributed by atoms with Gasteiger partial charge in [0.1, 0.15) is 5.78 Å². The number of nitrogens with two attached hydrogens (primary N) is 1. The van der Waals surface area contributed by atoms with E-state index in [2.05, 4.69) is 11.1 Å². The Bertz CT molecular complexity index is 376. The van der Waals surface area contributed by atoms with Crippen LogP contribution in [0.1, 0.15) is 42.9 Å². The smallest absolute Gasteiger partial charge is 0.141 e. The van der Waals surface area contributed by atoms with Crippen LogP contribution < -0.4 is 5.73 Å². The van der Waals surface area contributed by atoms with Gasteiger partial charge in [0.25, 0.3) is 0 Å². The lowest BCUT2D eigenvalue weighted by atomic mass is 9.97. The average molecular weight is 218 g/mol. The predicted octanol–water partition coefficient (Wildman–Crippen LogP) is 1.81. The fourth-order valence-corrected chi connectivity index (χ4v) is 2.34. The zero-order valence-electron chi connectivity index (χ0n) is 9.48. The highest BCUT2D eigenvalue weighted by Crippen LogP contribution is 2.32. The van der Waals surface area contributed by atoms with Crippen molar-refractivity contribution in [3.05, 3.63) is 29.6 Å². The summed E-state index contributed by atoms with van der Waals surface area (Å²) in [7, 11) is 0. The number of carbonyl (C=O) groups is 1. The van der Waals surface area contributed by atoms with Crippen LogP contribution in [0.5, 0.6) is 0 Å². The Morgan fingerprint density at radius 2 is 2.38 bits per heavy atom. The molecule has 0 aliphatic heterocycles. The zero-order valence-corrected chi connectivity index (χ0v) is 9.48. The molecule has 1 aromatic heterocycles. The summed E-state index contributed by atoms with van der Waals surface area (Å²) in [6.45, 7) is 0.673. The second-order valence-electron chi connectivity index (χ2n) is 4.35. The van der Waals surface area contributed by atoms with Crippen LogP contribution >= 0.6 is 0 Å². The normalized spacial score (nSPS) is 18.4. The molecular weight excluding hydrogens is 200 g/mol. The molecule has 3 heteroatoms. The molecule has 0 fully saturated rings. The topological polar surface area (TPSA) is 56.0 Å². The standard InChI is InChI=1S/C13H18N2O/c14-8-2-1-5-12(16)11-7-6-10-4-3-9-15-13(10)11/h3-4,9,11H,1-2,5-8,14H2. The molecule has 86 valence electrons. The van der Waals surface area contributed by atoms with Crippen molar-refractivity contribution in [3.8, 4) is 0 Å².